The summed E-state index contributed by atoms with van der Waals surface area (Å²) in [5, 5.41) is 2.95. The molecule has 1 aromatic heterocycles. The molecule has 1 aliphatic heterocycles. The average molecular weight is 272 g/mol. The van der Waals surface area contributed by atoms with Gasteiger partial charge in [-0.15, -0.1) is 0 Å². The highest BCUT2D eigenvalue weighted by molar-refractivity contribution is 5.94. The maximum absolute atomic E-state index is 12.2. The number of rotatable bonds is 3. The zero-order valence-electron chi connectivity index (χ0n) is 11.7. The van der Waals surface area contributed by atoms with E-state index >= 15 is 0 Å². The number of amides is 1. The van der Waals surface area contributed by atoms with Crippen LogP contribution in [-0.4, -0.2) is 48.5 Å². The van der Waals surface area contributed by atoms with Crippen molar-refractivity contribution in [1.82, 2.24) is 15.2 Å². The number of nitrogens with one attached hydrogen (secondary N) is 1. The van der Waals surface area contributed by atoms with Crippen LogP contribution >= 0.6 is 0 Å². The third-order valence-electron chi connectivity index (χ3n) is 3.52. The summed E-state index contributed by atoms with van der Waals surface area (Å²) in [7, 11) is 2.09. The van der Waals surface area contributed by atoms with Crippen LogP contribution in [0.25, 0.3) is 0 Å². The normalized spacial score (nSPS) is 18.4. The van der Waals surface area contributed by atoms with Crippen LogP contribution in [0, 0.1) is 11.8 Å². The van der Waals surface area contributed by atoms with Crippen molar-refractivity contribution in [2.24, 2.45) is 5.73 Å². The summed E-state index contributed by atoms with van der Waals surface area (Å²) in [5.41, 5.74) is 6.35. The second-order valence-electron chi connectivity index (χ2n) is 4.89. The number of hydrogen-bond donors (Lipinski definition) is 2. The molecule has 1 aromatic rings. The predicted molar refractivity (Wildman–Crippen MR) is 78.2 cm³/mol. The van der Waals surface area contributed by atoms with Gasteiger partial charge < -0.3 is 16.0 Å². The van der Waals surface area contributed by atoms with Gasteiger partial charge in [0, 0.05) is 18.8 Å². The summed E-state index contributed by atoms with van der Waals surface area (Å²) in [6.07, 6.45) is 3.91. The maximum atomic E-state index is 12.2. The fourth-order valence-corrected chi connectivity index (χ4v) is 2.36. The summed E-state index contributed by atoms with van der Waals surface area (Å²) >= 11 is 0. The van der Waals surface area contributed by atoms with Gasteiger partial charge in [-0.25, -0.2) is 4.98 Å². The van der Waals surface area contributed by atoms with Gasteiger partial charge in [0.25, 0.3) is 5.91 Å². The van der Waals surface area contributed by atoms with Gasteiger partial charge in [-0.05, 0) is 38.6 Å². The van der Waals surface area contributed by atoms with E-state index in [1.165, 1.54) is 6.42 Å². The molecule has 106 valence electrons. The van der Waals surface area contributed by atoms with Crippen LogP contribution in [0.2, 0.25) is 0 Å². The van der Waals surface area contributed by atoms with E-state index in [2.05, 4.69) is 34.1 Å². The number of likely N-dealkylation sites (N-methyl/N-ethyl adjacent to an activating group) is 1. The Balaban J connectivity index is 2.02. The molecule has 5 nitrogen and oxygen atoms in total. The van der Waals surface area contributed by atoms with Crippen LogP contribution in [0.4, 0.5) is 0 Å². The third-order valence-corrected chi connectivity index (χ3v) is 3.52. The molecule has 1 unspecified atom stereocenters. The van der Waals surface area contributed by atoms with Gasteiger partial charge in [0.1, 0.15) is 5.69 Å². The molecule has 2 heterocycles. The Labute approximate surface area is 119 Å². The quantitative estimate of drug-likeness (QED) is 0.772. The molecular weight excluding hydrogens is 252 g/mol. The smallest absolute Gasteiger partial charge is 0.271 e. The van der Waals surface area contributed by atoms with Crippen molar-refractivity contribution in [3.63, 3.8) is 0 Å². The lowest BCUT2D eigenvalue weighted by molar-refractivity contribution is 0.0938. The molecule has 0 spiro atoms. The number of likely N-dealkylation sites (tertiary alicyclic amines) is 1. The fraction of sp³-hybridized carbons (Fsp3) is 0.467. The molecular formula is C15H20N4O. The van der Waals surface area contributed by atoms with E-state index < -0.39 is 0 Å². The molecule has 1 aliphatic rings. The fourth-order valence-electron chi connectivity index (χ4n) is 2.36. The first-order chi connectivity index (χ1) is 9.72. The van der Waals surface area contributed by atoms with E-state index in [-0.39, 0.29) is 12.5 Å². The van der Waals surface area contributed by atoms with Crippen molar-refractivity contribution in [3.05, 3.63) is 29.6 Å². The second-order valence-corrected chi connectivity index (χ2v) is 4.89. The van der Waals surface area contributed by atoms with E-state index in [1.807, 2.05) is 0 Å². The van der Waals surface area contributed by atoms with Gasteiger partial charge in [-0.1, -0.05) is 11.8 Å². The molecule has 0 aromatic carbocycles. The Morgan fingerprint density at radius 1 is 1.65 bits per heavy atom. The van der Waals surface area contributed by atoms with Gasteiger partial charge in [0.05, 0.1) is 12.1 Å². The lowest BCUT2D eigenvalue weighted by Gasteiger charge is -2.19. The van der Waals surface area contributed by atoms with Crippen LogP contribution < -0.4 is 11.1 Å². The largest absolute Gasteiger partial charge is 0.349 e. The van der Waals surface area contributed by atoms with Gasteiger partial charge in [0.2, 0.25) is 0 Å². The Kier molecular flexibility index (Phi) is 5.10. The van der Waals surface area contributed by atoms with E-state index in [4.69, 9.17) is 5.73 Å². The molecule has 0 saturated carbocycles. The molecule has 5 heteroatoms. The van der Waals surface area contributed by atoms with Crippen molar-refractivity contribution in [2.75, 3.05) is 26.7 Å². The first-order valence-corrected chi connectivity index (χ1v) is 6.84. The third kappa shape index (κ3) is 3.56. The maximum Gasteiger partial charge on any atom is 0.271 e. The van der Waals surface area contributed by atoms with Gasteiger partial charge >= 0.3 is 0 Å². The van der Waals surface area contributed by atoms with Crippen molar-refractivity contribution in [2.45, 2.75) is 18.9 Å². The Morgan fingerprint density at radius 2 is 2.50 bits per heavy atom. The number of hydrogen-bond acceptors (Lipinski definition) is 4. The predicted octanol–water partition coefficient (Wildman–Crippen LogP) is 0.216. The molecule has 2 rings (SSSR count). The summed E-state index contributed by atoms with van der Waals surface area (Å²) in [5.74, 6) is 5.46. The molecule has 0 bridgehead atoms. The lowest BCUT2D eigenvalue weighted by atomic mass is 10.1. The van der Waals surface area contributed by atoms with E-state index in [1.54, 1.807) is 18.3 Å². The standard InChI is InChI=1S/C15H20N4O/c1-19-10-4-7-13(19)11-18-15(20)14-12(5-2-8-16)6-3-9-17-14/h3,6,9,13H,4,7-8,10-11,16H2,1H3,(H,18,20). The minimum Gasteiger partial charge on any atom is -0.349 e. The monoisotopic (exact) mass is 272 g/mol. The van der Waals surface area contributed by atoms with Gasteiger partial charge in [0.15, 0.2) is 0 Å². The number of pyridine rings is 1. The summed E-state index contributed by atoms with van der Waals surface area (Å²) in [6.45, 7) is 2.01. The van der Waals surface area contributed by atoms with Crippen molar-refractivity contribution in [1.29, 1.82) is 0 Å². The summed E-state index contributed by atoms with van der Waals surface area (Å²) in [6, 6.07) is 3.97. The van der Waals surface area contributed by atoms with Crippen LogP contribution in [0.5, 0.6) is 0 Å². The Bertz CT molecular complexity index is 532. The van der Waals surface area contributed by atoms with E-state index in [0.717, 1.165) is 13.0 Å². The Hall–Kier alpha value is -1.90. The molecule has 0 radical (unpaired) electrons. The van der Waals surface area contributed by atoms with Gasteiger partial charge in [-0.3, -0.25) is 4.79 Å². The second kappa shape index (κ2) is 7.04. The van der Waals surface area contributed by atoms with Crippen LogP contribution in [0.15, 0.2) is 18.3 Å². The first kappa shape index (κ1) is 14.5. The topological polar surface area (TPSA) is 71.2 Å². The van der Waals surface area contributed by atoms with Crippen LogP contribution in [-0.2, 0) is 0 Å². The highest BCUT2D eigenvalue weighted by atomic mass is 16.1. The summed E-state index contributed by atoms with van der Waals surface area (Å²) < 4.78 is 0. The van der Waals surface area contributed by atoms with E-state index in [0.29, 0.717) is 23.8 Å². The van der Waals surface area contributed by atoms with Crippen molar-refractivity contribution in [3.8, 4) is 11.8 Å². The molecule has 1 fully saturated rings. The molecule has 1 saturated heterocycles. The van der Waals surface area contributed by atoms with E-state index in [9.17, 15) is 4.79 Å². The highest BCUT2D eigenvalue weighted by Crippen LogP contribution is 2.13. The highest BCUT2D eigenvalue weighted by Gasteiger charge is 2.22. The SMILES string of the molecule is CN1CCCC1CNC(=O)c1ncccc1C#CCN. The number of carbonyl (C=O) groups excluding carboxylic acids is 1. The minimum absolute atomic E-state index is 0.174. The number of carbonyl (C=O) groups is 1. The van der Waals surface area contributed by atoms with Crippen molar-refractivity contribution >= 4 is 5.91 Å². The Morgan fingerprint density at radius 3 is 3.20 bits per heavy atom. The minimum atomic E-state index is -0.174. The zero-order valence-corrected chi connectivity index (χ0v) is 11.7. The van der Waals surface area contributed by atoms with Crippen LogP contribution in [0.1, 0.15) is 28.9 Å². The number of nitrogens with two attached hydrogens (primary N) is 1. The number of aromatic nitrogens is 1. The first-order valence-electron chi connectivity index (χ1n) is 6.84. The molecule has 1 amide bonds. The lowest BCUT2D eigenvalue weighted by Crippen LogP contribution is -2.38. The molecule has 1 atom stereocenters. The number of nitrogens with zero attached hydrogens (tertiary/aromatic N) is 2. The zero-order chi connectivity index (χ0) is 14.4. The summed E-state index contributed by atoms with van der Waals surface area (Å²) in [4.78, 5) is 18.6. The van der Waals surface area contributed by atoms with Crippen LogP contribution in [0.3, 0.4) is 0 Å². The average Bonchev–Trinajstić information content (AvgIpc) is 2.88. The molecule has 0 aliphatic carbocycles. The molecule has 3 N–H and O–H groups in total. The van der Waals surface area contributed by atoms with Crippen molar-refractivity contribution < 1.29 is 4.79 Å². The van der Waals surface area contributed by atoms with Gasteiger partial charge in [-0.2, -0.15) is 0 Å². The molecule has 20 heavy (non-hydrogen) atoms.